The van der Waals surface area contributed by atoms with Gasteiger partial charge in [0.1, 0.15) is 11.9 Å². The van der Waals surface area contributed by atoms with Gasteiger partial charge in [0.05, 0.1) is 11.4 Å². The summed E-state index contributed by atoms with van der Waals surface area (Å²) in [6, 6.07) is 20.7. The summed E-state index contributed by atoms with van der Waals surface area (Å²) in [5, 5.41) is 15.9. The van der Waals surface area contributed by atoms with E-state index in [4.69, 9.17) is 10.5 Å². The van der Waals surface area contributed by atoms with E-state index in [-0.39, 0.29) is 5.75 Å². The summed E-state index contributed by atoms with van der Waals surface area (Å²) in [4.78, 5) is 25.2. The average Bonchev–Trinajstić information content (AvgIpc) is 2.80. The number of hydrogen-bond donors (Lipinski definition) is 4. The lowest BCUT2D eigenvalue weighted by Crippen LogP contribution is -2.28. The van der Waals surface area contributed by atoms with Gasteiger partial charge < -0.3 is 20.9 Å². The number of amides is 2. The molecule has 0 saturated carbocycles. The van der Waals surface area contributed by atoms with Gasteiger partial charge >= 0.3 is 6.09 Å². The maximum atomic E-state index is 12.7. The Kier molecular flexibility index (Phi) is 7.96. The standard InChI is InChI=1S/C26H26BrN3O4/c1-26(2,15-14-23(32)30-21-11-7-6-10-20(21)28)24(19-16-17(27)12-13-22(19)31)34-25(33)29-18-8-4-3-5-9-18/h3-16,24,31H,28H2,1-2H3,(H,29,33)(H,30,32)/b15-14+/t24-/m0/s1. The highest BCUT2D eigenvalue weighted by molar-refractivity contribution is 9.10. The molecule has 7 nitrogen and oxygen atoms in total. The largest absolute Gasteiger partial charge is 0.508 e. The molecule has 3 aromatic carbocycles. The van der Waals surface area contributed by atoms with Crippen LogP contribution in [0.25, 0.3) is 0 Å². The van der Waals surface area contributed by atoms with Crippen molar-refractivity contribution < 1.29 is 19.4 Å². The minimum absolute atomic E-state index is 0.0382. The van der Waals surface area contributed by atoms with E-state index >= 15 is 0 Å². The van der Waals surface area contributed by atoms with Crippen molar-refractivity contribution in [1.82, 2.24) is 0 Å². The summed E-state index contributed by atoms with van der Waals surface area (Å²) < 4.78 is 6.48. The predicted molar refractivity (Wildman–Crippen MR) is 137 cm³/mol. The van der Waals surface area contributed by atoms with Crippen LogP contribution in [0.1, 0.15) is 25.5 Å². The van der Waals surface area contributed by atoms with Gasteiger partial charge in [0.25, 0.3) is 0 Å². The molecule has 1 atom stereocenters. The number of halogens is 1. The van der Waals surface area contributed by atoms with E-state index in [0.717, 1.165) is 0 Å². The molecule has 0 aromatic heterocycles. The van der Waals surface area contributed by atoms with Gasteiger partial charge in [-0.05, 0) is 48.5 Å². The number of benzene rings is 3. The molecule has 0 unspecified atom stereocenters. The van der Waals surface area contributed by atoms with Crippen LogP contribution in [0.15, 0.2) is 89.4 Å². The maximum absolute atomic E-state index is 12.7. The minimum Gasteiger partial charge on any atom is -0.508 e. The molecule has 0 heterocycles. The van der Waals surface area contributed by atoms with Crippen molar-refractivity contribution in [2.75, 3.05) is 16.4 Å². The first-order valence-electron chi connectivity index (χ1n) is 10.5. The van der Waals surface area contributed by atoms with E-state index in [2.05, 4.69) is 26.6 Å². The number of carbonyl (C=O) groups is 2. The van der Waals surface area contributed by atoms with Gasteiger partial charge in [0, 0.05) is 21.1 Å². The zero-order chi connectivity index (χ0) is 24.7. The van der Waals surface area contributed by atoms with E-state index < -0.39 is 23.5 Å². The lowest BCUT2D eigenvalue weighted by Gasteiger charge is -2.32. The van der Waals surface area contributed by atoms with Crippen LogP contribution in [-0.4, -0.2) is 17.1 Å². The Morgan fingerprint density at radius 3 is 2.41 bits per heavy atom. The van der Waals surface area contributed by atoms with Crippen molar-refractivity contribution in [2.45, 2.75) is 20.0 Å². The van der Waals surface area contributed by atoms with Crippen LogP contribution in [-0.2, 0) is 9.53 Å². The highest BCUT2D eigenvalue weighted by Crippen LogP contribution is 2.42. The summed E-state index contributed by atoms with van der Waals surface area (Å²) in [6.07, 6.45) is 1.37. The number of nitrogen functional groups attached to an aromatic ring is 1. The summed E-state index contributed by atoms with van der Waals surface area (Å²) in [7, 11) is 0. The molecule has 0 saturated heterocycles. The van der Waals surface area contributed by atoms with Crippen LogP contribution in [0.4, 0.5) is 21.9 Å². The van der Waals surface area contributed by atoms with Crippen molar-refractivity contribution in [3.63, 3.8) is 0 Å². The van der Waals surface area contributed by atoms with Gasteiger partial charge in [0.2, 0.25) is 5.91 Å². The topological polar surface area (TPSA) is 114 Å². The van der Waals surface area contributed by atoms with Crippen LogP contribution in [0.5, 0.6) is 5.75 Å². The number of aromatic hydroxyl groups is 1. The van der Waals surface area contributed by atoms with Crippen LogP contribution in [0, 0.1) is 5.41 Å². The first kappa shape index (κ1) is 24.9. The van der Waals surface area contributed by atoms with Crippen molar-refractivity contribution in [3.8, 4) is 5.75 Å². The van der Waals surface area contributed by atoms with Crippen LogP contribution in [0.3, 0.4) is 0 Å². The molecule has 2 amide bonds. The molecule has 3 aromatic rings. The second kappa shape index (κ2) is 10.9. The van der Waals surface area contributed by atoms with E-state index in [9.17, 15) is 14.7 Å². The van der Waals surface area contributed by atoms with Crippen LogP contribution >= 0.6 is 15.9 Å². The number of para-hydroxylation sites is 3. The monoisotopic (exact) mass is 523 g/mol. The molecule has 0 aliphatic rings. The quantitative estimate of drug-likeness (QED) is 0.216. The molecule has 176 valence electrons. The van der Waals surface area contributed by atoms with Gasteiger partial charge in [-0.15, -0.1) is 0 Å². The zero-order valence-electron chi connectivity index (χ0n) is 18.8. The number of phenolic OH excluding ortho intramolecular Hbond substituents is 1. The highest BCUT2D eigenvalue weighted by atomic mass is 79.9. The Morgan fingerprint density at radius 1 is 1.03 bits per heavy atom. The lowest BCUT2D eigenvalue weighted by atomic mass is 9.81. The molecular formula is C26H26BrN3O4. The summed E-state index contributed by atoms with van der Waals surface area (Å²) in [5.74, 6) is -0.430. The fourth-order valence-electron chi connectivity index (χ4n) is 3.29. The minimum atomic E-state index is -0.917. The van der Waals surface area contributed by atoms with Crippen molar-refractivity contribution in [1.29, 1.82) is 0 Å². The third-order valence-electron chi connectivity index (χ3n) is 5.08. The molecule has 34 heavy (non-hydrogen) atoms. The Balaban J connectivity index is 1.85. The molecular weight excluding hydrogens is 498 g/mol. The highest BCUT2D eigenvalue weighted by Gasteiger charge is 2.34. The molecule has 0 bridgehead atoms. The molecule has 0 aliphatic carbocycles. The second-order valence-corrected chi connectivity index (χ2v) is 9.13. The third kappa shape index (κ3) is 6.62. The number of phenols is 1. The van der Waals surface area contributed by atoms with Crippen LogP contribution in [0.2, 0.25) is 0 Å². The Hall–Kier alpha value is -3.78. The lowest BCUT2D eigenvalue weighted by molar-refractivity contribution is -0.112. The molecule has 0 aliphatic heterocycles. The predicted octanol–water partition coefficient (Wildman–Crippen LogP) is 6.25. The zero-order valence-corrected chi connectivity index (χ0v) is 20.4. The molecule has 0 radical (unpaired) electrons. The summed E-state index contributed by atoms with van der Waals surface area (Å²) >= 11 is 3.40. The smallest absolute Gasteiger partial charge is 0.412 e. The third-order valence-corrected chi connectivity index (χ3v) is 5.57. The number of anilines is 3. The number of nitrogens with two attached hydrogens (primary N) is 1. The number of nitrogens with one attached hydrogen (secondary N) is 2. The van der Waals surface area contributed by atoms with Gasteiger partial charge in [-0.2, -0.15) is 0 Å². The molecule has 0 spiro atoms. The first-order chi connectivity index (χ1) is 16.2. The van der Waals surface area contributed by atoms with Crippen molar-refractivity contribution in [2.24, 2.45) is 5.41 Å². The van der Waals surface area contributed by atoms with E-state index in [1.165, 1.54) is 12.1 Å². The van der Waals surface area contributed by atoms with Gasteiger partial charge in [-0.1, -0.05) is 66.2 Å². The first-order valence-corrected chi connectivity index (χ1v) is 11.3. The number of rotatable bonds is 7. The Morgan fingerprint density at radius 2 is 1.71 bits per heavy atom. The Labute approximate surface area is 206 Å². The number of hydrogen-bond acceptors (Lipinski definition) is 5. The van der Waals surface area contributed by atoms with Gasteiger partial charge in [-0.25, -0.2) is 4.79 Å². The van der Waals surface area contributed by atoms with E-state index in [1.54, 1.807) is 80.6 Å². The molecule has 8 heteroatoms. The molecule has 0 fully saturated rings. The maximum Gasteiger partial charge on any atom is 0.412 e. The van der Waals surface area contributed by atoms with Gasteiger partial charge in [-0.3, -0.25) is 10.1 Å². The Bertz CT molecular complexity index is 1200. The molecule has 3 rings (SSSR count). The van der Waals surface area contributed by atoms with E-state index in [1.807, 2.05) is 6.07 Å². The fraction of sp³-hybridized carbons (Fsp3) is 0.154. The summed E-state index contributed by atoms with van der Waals surface area (Å²) in [6.45, 7) is 3.60. The number of carbonyl (C=O) groups excluding carboxylic acids is 2. The van der Waals surface area contributed by atoms with Crippen molar-refractivity contribution >= 4 is 45.0 Å². The van der Waals surface area contributed by atoms with E-state index in [0.29, 0.717) is 27.1 Å². The fourth-order valence-corrected chi connectivity index (χ4v) is 3.67. The van der Waals surface area contributed by atoms with Crippen molar-refractivity contribution in [3.05, 3.63) is 95.0 Å². The average molecular weight is 524 g/mol. The SMILES string of the molecule is CC(C)(/C=C/C(=O)Nc1ccccc1N)[C@@H](OC(=O)Nc1ccccc1)c1cc(Br)ccc1O. The second-order valence-electron chi connectivity index (χ2n) is 8.21. The van der Waals surface area contributed by atoms with Crippen LogP contribution < -0.4 is 16.4 Å². The molecule has 5 N–H and O–H groups in total. The normalized spacial score (nSPS) is 12.2. The summed E-state index contributed by atoms with van der Waals surface area (Å²) in [5.41, 5.74) is 6.90. The van der Waals surface area contributed by atoms with Gasteiger partial charge in [0.15, 0.2) is 0 Å². The number of ether oxygens (including phenoxy) is 1.